The molecule has 0 saturated carbocycles. The first-order chi connectivity index (χ1) is 8.69. The van der Waals surface area contributed by atoms with Crippen LogP contribution in [0.1, 0.15) is 12.5 Å². The zero-order chi connectivity index (χ0) is 13.0. The van der Waals surface area contributed by atoms with Crippen molar-refractivity contribution < 1.29 is 0 Å². The van der Waals surface area contributed by atoms with E-state index >= 15 is 0 Å². The second-order valence-electron chi connectivity index (χ2n) is 5.39. The van der Waals surface area contributed by atoms with Gasteiger partial charge in [-0.2, -0.15) is 0 Å². The topological polar surface area (TPSA) is 6.48 Å². The molecule has 18 heavy (non-hydrogen) atoms. The van der Waals surface area contributed by atoms with Crippen LogP contribution in [-0.2, 0) is 0 Å². The fourth-order valence-electron chi connectivity index (χ4n) is 2.50. The second-order valence-corrected chi connectivity index (χ2v) is 6.03. The summed E-state index contributed by atoms with van der Waals surface area (Å²) in [5, 5.41) is 1.10. The molecule has 0 amide bonds. The Morgan fingerprint density at radius 1 is 1.22 bits per heavy atom. The molecule has 100 valence electrons. The Labute approximate surface area is 119 Å². The van der Waals surface area contributed by atoms with E-state index in [4.69, 9.17) is 0 Å². The molecule has 1 aliphatic rings. The molecule has 0 bridgehead atoms. The van der Waals surface area contributed by atoms with Crippen LogP contribution < -0.4 is 4.90 Å². The van der Waals surface area contributed by atoms with Crippen molar-refractivity contribution in [2.45, 2.75) is 13.8 Å². The summed E-state index contributed by atoms with van der Waals surface area (Å²) in [6.45, 7) is 10.4. The highest BCUT2D eigenvalue weighted by atomic mass is 79.9. The van der Waals surface area contributed by atoms with Crippen LogP contribution in [0.5, 0.6) is 0 Å². The van der Waals surface area contributed by atoms with Crippen LogP contribution in [0.25, 0.3) is 0 Å². The van der Waals surface area contributed by atoms with Crippen molar-refractivity contribution >= 4 is 21.6 Å². The van der Waals surface area contributed by atoms with Gasteiger partial charge in [0.15, 0.2) is 0 Å². The van der Waals surface area contributed by atoms with E-state index in [0.717, 1.165) is 24.3 Å². The second kappa shape index (κ2) is 6.58. The number of aryl methyl sites for hydroxylation is 1. The van der Waals surface area contributed by atoms with E-state index in [-0.39, 0.29) is 0 Å². The largest absolute Gasteiger partial charge is 0.369 e. The Hall–Kier alpha value is -0.540. The maximum absolute atomic E-state index is 3.56. The summed E-state index contributed by atoms with van der Waals surface area (Å²) < 4.78 is 0. The van der Waals surface area contributed by atoms with Crippen molar-refractivity contribution in [1.29, 1.82) is 0 Å². The van der Waals surface area contributed by atoms with Crippen molar-refractivity contribution in [3.8, 4) is 0 Å². The van der Waals surface area contributed by atoms with Crippen molar-refractivity contribution in [3.63, 3.8) is 0 Å². The summed E-state index contributed by atoms with van der Waals surface area (Å²) in [7, 11) is 0. The number of hydrogen-bond acceptors (Lipinski definition) is 2. The number of halogens is 1. The predicted octanol–water partition coefficient (Wildman–Crippen LogP) is 3.15. The van der Waals surface area contributed by atoms with Gasteiger partial charge in [-0.3, -0.25) is 4.90 Å². The average molecular weight is 311 g/mol. The first-order valence-electron chi connectivity index (χ1n) is 6.79. The fourth-order valence-corrected chi connectivity index (χ4v) is 2.71. The molecule has 1 aromatic rings. The lowest BCUT2D eigenvalue weighted by atomic mass is 10.1. The first-order valence-corrected chi connectivity index (χ1v) is 7.91. The SMILES string of the molecule is Cc1cccc(N2CCN(CC(C)CBr)CC2)c1. The highest BCUT2D eigenvalue weighted by Crippen LogP contribution is 2.18. The third-order valence-electron chi connectivity index (χ3n) is 3.57. The van der Waals surface area contributed by atoms with Crippen molar-refractivity contribution in [1.82, 2.24) is 4.90 Å². The molecule has 1 saturated heterocycles. The molecule has 1 aliphatic heterocycles. The summed E-state index contributed by atoms with van der Waals surface area (Å²) in [5.74, 6) is 0.746. The van der Waals surface area contributed by atoms with Crippen LogP contribution in [0, 0.1) is 12.8 Å². The van der Waals surface area contributed by atoms with Gasteiger partial charge in [0.25, 0.3) is 0 Å². The lowest BCUT2D eigenvalue weighted by Gasteiger charge is -2.37. The zero-order valence-corrected chi connectivity index (χ0v) is 13.0. The molecule has 3 heteroatoms. The molecule has 2 nitrogen and oxygen atoms in total. The van der Waals surface area contributed by atoms with Gasteiger partial charge in [-0.1, -0.05) is 35.0 Å². The Balaban J connectivity index is 1.87. The van der Waals surface area contributed by atoms with Crippen molar-refractivity contribution in [2.75, 3.05) is 43.0 Å². The van der Waals surface area contributed by atoms with Gasteiger partial charge in [-0.25, -0.2) is 0 Å². The zero-order valence-electron chi connectivity index (χ0n) is 11.4. The number of alkyl halides is 1. The number of anilines is 1. The van der Waals surface area contributed by atoms with Crippen LogP contribution in [0.4, 0.5) is 5.69 Å². The van der Waals surface area contributed by atoms with Crippen molar-refractivity contribution in [3.05, 3.63) is 29.8 Å². The van der Waals surface area contributed by atoms with Gasteiger partial charge in [-0.05, 0) is 30.5 Å². The highest BCUT2D eigenvalue weighted by Gasteiger charge is 2.18. The minimum Gasteiger partial charge on any atom is -0.369 e. The molecule has 0 aliphatic carbocycles. The molecular formula is C15H23BrN2. The van der Waals surface area contributed by atoms with Crippen LogP contribution >= 0.6 is 15.9 Å². The lowest BCUT2D eigenvalue weighted by Crippen LogP contribution is -2.47. The normalized spacial score (nSPS) is 18.9. The van der Waals surface area contributed by atoms with Gasteiger partial charge in [0, 0.05) is 43.7 Å². The van der Waals surface area contributed by atoms with E-state index < -0.39 is 0 Å². The standard InChI is InChI=1S/C15H23BrN2/c1-13-4-3-5-15(10-13)18-8-6-17(7-9-18)12-14(2)11-16/h3-5,10,14H,6-9,11-12H2,1-2H3. The van der Waals surface area contributed by atoms with Gasteiger partial charge >= 0.3 is 0 Å². The minimum absolute atomic E-state index is 0.746. The van der Waals surface area contributed by atoms with Gasteiger partial charge < -0.3 is 4.90 Å². The number of benzene rings is 1. The van der Waals surface area contributed by atoms with E-state index in [0.29, 0.717) is 0 Å². The maximum atomic E-state index is 3.56. The van der Waals surface area contributed by atoms with Crippen LogP contribution in [0.3, 0.4) is 0 Å². The van der Waals surface area contributed by atoms with Crippen molar-refractivity contribution in [2.24, 2.45) is 5.92 Å². The molecule has 0 aromatic heterocycles. The first kappa shape index (κ1) is 13.9. The Bertz CT molecular complexity index is 373. The Kier molecular flexibility index (Phi) is 5.07. The van der Waals surface area contributed by atoms with Gasteiger partial charge in [0.1, 0.15) is 0 Å². The molecular weight excluding hydrogens is 288 g/mol. The number of nitrogens with zero attached hydrogens (tertiary/aromatic N) is 2. The minimum atomic E-state index is 0.746. The third-order valence-corrected chi connectivity index (χ3v) is 4.68. The highest BCUT2D eigenvalue weighted by molar-refractivity contribution is 9.09. The van der Waals surface area contributed by atoms with Gasteiger partial charge in [-0.15, -0.1) is 0 Å². The summed E-state index contributed by atoms with van der Waals surface area (Å²) in [4.78, 5) is 5.08. The molecule has 1 aromatic carbocycles. The predicted molar refractivity (Wildman–Crippen MR) is 82.8 cm³/mol. The third kappa shape index (κ3) is 3.72. The summed E-state index contributed by atoms with van der Waals surface area (Å²) in [5.41, 5.74) is 2.73. The van der Waals surface area contributed by atoms with Crippen LogP contribution in [0.15, 0.2) is 24.3 Å². The molecule has 0 radical (unpaired) electrons. The maximum Gasteiger partial charge on any atom is 0.0369 e. The summed E-state index contributed by atoms with van der Waals surface area (Å²) in [6, 6.07) is 8.84. The van der Waals surface area contributed by atoms with E-state index in [1.807, 2.05) is 0 Å². The molecule has 1 fully saturated rings. The number of hydrogen-bond donors (Lipinski definition) is 0. The quantitative estimate of drug-likeness (QED) is 0.788. The molecule has 1 unspecified atom stereocenters. The van der Waals surface area contributed by atoms with Crippen LogP contribution in [-0.4, -0.2) is 43.0 Å². The summed E-state index contributed by atoms with van der Waals surface area (Å²) in [6.07, 6.45) is 0. The molecule has 1 atom stereocenters. The van der Waals surface area contributed by atoms with E-state index in [1.54, 1.807) is 0 Å². The smallest absolute Gasteiger partial charge is 0.0369 e. The molecule has 0 spiro atoms. The Morgan fingerprint density at radius 3 is 2.56 bits per heavy atom. The van der Waals surface area contributed by atoms with E-state index in [1.165, 1.54) is 30.9 Å². The van der Waals surface area contributed by atoms with Gasteiger partial charge in [0.05, 0.1) is 0 Å². The lowest BCUT2D eigenvalue weighted by molar-refractivity contribution is 0.233. The fraction of sp³-hybridized carbons (Fsp3) is 0.600. The Morgan fingerprint density at radius 2 is 1.94 bits per heavy atom. The van der Waals surface area contributed by atoms with E-state index in [9.17, 15) is 0 Å². The molecule has 2 rings (SSSR count). The molecule has 1 heterocycles. The van der Waals surface area contributed by atoms with Gasteiger partial charge in [0.2, 0.25) is 0 Å². The van der Waals surface area contributed by atoms with E-state index in [2.05, 4.69) is 63.8 Å². The molecule has 0 N–H and O–H groups in total. The van der Waals surface area contributed by atoms with Crippen LogP contribution in [0.2, 0.25) is 0 Å². The summed E-state index contributed by atoms with van der Waals surface area (Å²) >= 11 is 3.56. The number of piperazine rings is 1. The monoisotopic (exact) mass is 310 g/mol. The average Bonchev–Trinajstić information content (AvgIpc) is 2.39. The number of rotatable bonds is 4.